The van der Waals surface area contributed by atoms with Crippen LogP contribution in [-0.4, -0.2) is 52.9 Å². The summed E-state index contributed by atoms with van der Waals surface area (Å²) in [5.41, 5.74) is 2.27. The van der Waals surface area contributed by atoms with E-state index in [2.05, 4.69) is 28.3 Å². The average molecular weight is 328 g/mol. The molecule has 1 saturated heterocycles. The van der Waals surface area contributed by atoms with Gasteiger partial charge in [-0.3, -0.25) is 14.4 Å². The quantitative estimate of drug-likeness (QED) is 0.867. The lowest BCUT2D eigenvalue weighted by molar-refractivity contribution is -0.132. The zero-order valence-corrected chi connectivity index (χ0v) is 14.0. The number of likely N-dealkylation sites (N-methyl/N-ethyl adjacent to an activating group) is 1. The number of nitrogens with one attached hydrogen (secondary N) is 1. The third-order valence-electron chi connectivity index (χ3n) is 4.41. The maximum atomic E-state index is 12.5. The van der Waals surface area contributed by atoms with Crippen LogP contribution in [-0.2, 0) is 22.6 Å². The predicted octanol–water partition coefficient (Wildman–Crippen LogP) is 1.27. The molecule has 3 rings (SSSR count). The summed E-state index contributed by atoms with van der Waals surface area (Å²) in [5.74, 6) is 0.0328. The molecule has 1 fully saturated rings. The molecule has 2 heterocycles. The normalized spacial score (nSPS) is 18.5. The van der Waals surface area contributed by atoms with Crippen LogP contribution in [0.15, 0.2) is 42.7 Å². The Labute approximate surface area is 142 Å². The number of hydrogen-bond acceptors (Lipinski definition) is 4. The van der Waals surface area contributed by atoms with Gasteiger partial charge in [-0.2, -0.15) is 5.10 Å². The summed E-state index contributed by atoms with van der Waals surface area (Å²) in [5, 5.41) is 7.31. The summed E-state index contributed by atoms with van der Waals surface area (Å²) in [7, 11) is 0. The maximum absolute atomic E-state index is 12.5. The lowest BCUT2D eigenvalue weighted by atomic mass is 10.1. The maximum Gasteiger partial charge on any atom is 0.240 e. The largest absolute Gasteiger partial charge is 0.378 e. The second-order valence-electron chi connectivity index (χ2n) is 5.91. The Morgan fingerprint density at radius 2 is 2.17 bits per heavy atom. The Morgan fingerprint density at radius 1 is 1.33 bits per heavy atom. The van der Waals surface area contributed by atoms with Crippen LogP contribution in [0, 0.1) is 0 Å². The van der Waals surface area contributed by atoms with Gasteiger partial charge in [-0.1, -0.05) is 31.2 Å². The Kier molecular flexibility index (Phi) is 5.61. The zero-order chi connectivity index (χ0) is 16.8. The predicted molar refractivity (Wildman–Crippen MR) is 91.5 cm³/mol. The number of hydrogen-bond donors (Lipinski definition) is 1. The fourth-order valence-corrected chi connectivity index (χ4v) is 3.01. The van der Waals surface area contributed by atoms with Crippen molar-refractivity contribution in [3.63, 3.8) is 0 Å². The van der Waals surface area contributed by atoms with E-state index in [4.69, 9.17) is 4.74 Å². The van der Waals surface area contributed by atoms with Crippen LogP contribution >= 0.6 is 0 Å². The molecule has 6 heteroatoms. The number of nitrogens with zero attached hydrogens (tertiary/aromatic N) is 3. The lowest BCUT2D eigenvalue weighted by Gasteiger charge is -2.33. The van der Waals surface area contributed by atoms with Crippen molar-refractivity contribution in [2.45, 2.75) is 26.1 Å². The van der Waals surface area contributed by atoms with Crippen molar-refractivity contribution in [3.05, 3.63) is 53.9 Å². The molecular formula is C18H24N4O2. The van der Waals surface area contributed by atoms with Gasteiger partial charge in [-0.15, -0.1) is 0 Å². The Bertz CT molecular complexity index is 657. The molecule has 0 radical (unpaired) electrons. The standard InChI is InChI=1S/C18H24N4O2/c1-2-21-10-11-24-14-17(21)18(23)19-12-15-6-3-4-7-16(15)13-22-9-5-8-20-22/h3-9,17H,2,10-14H2,1H3,(H,19,23)/t17-/m0/s1. The number of carbonyl (C=O) groups is 1. The highest BCUT2D eigenvalue weighted by molar-refractivity contribution is 5.82. The van der Waals surface area contributed by atoms with Crippen molar-refractivity contribution < 1.29 is 9.53 Å². The summed E-state index contributed by atoms with van der Waals surface area (Å²) in [4.78, 5) is 14.7. The molecule has 0 bridgehead atoms. The van der Waals surface area contributed by atoms with Crippen molar-refractivity contribution in [1.82, 2.24) is 20.0 Å². The van der Waals surface area contributed by atoms with Crippen LogP contribution < -0.4 is 5.32 Å². The minimum absolute atomic E-state index is 0.0328. The Morgan fingerprint density at radius 3 is 2.92 bits per heavy atom. The molecule has 0 saturated carbocycles. The zero-order valence-electron chi connectivity index (χ0n) is 14.0. The lowest BCUT2D eigenvalue weighted by Crippen LogP contribution is -2.53. The topological polar surface area (TPSA) is 59.4 Å². The molecule has 1 aliphatic heterocycles. The minimum Gasteiger partial charge on any atom is -0.378 e. The van der Waals surface area contributed by atoms with Crippen LogP contribution in [0.25, 0.3) is 0 Å². The van der Waals surface area contributed by atoms with Gasteiger partial charge in [-0.05, 0) is 23.7 Å². The number of amides is 1. The summed E-state index contributed by atoms with van der Waals surface area (Å²) in [6.07, 6.45) is 3.71. The molecule has 1 N–H and O–H groups in total. The summed E-state index contributed by atoms with van der Waals surface area (Å²) < 4.78 is 7.35. The molecule has 1 aliphatic rings. The third kappa shape index (κ3) is 4.01. The molecule has 24 heavy (non-hydrogen) atoms. The van der Waals surface area contributed by atoms with Crippen molar-refractivity contribution in [3.8, 4) is 0 Å². The van der Waals surface area contributed by atoms with Crippen molar-refractivity contribution >= 4 is 5.91 Å². The molecular weight excluding hydrogens is 304 g/mol. The van der Waals surface area contributed by atoms with Crippen LogP contribution in [0.1, 0.15) is 18.1 Å². The van der Waals surface area contributed by atoms with Gasteiger partial charge < -0.3 is 10.1 Å². The van der Waals surface area contributed by atoms with Gasteiger partial charge in [0.1, 0.15) is 6.04 Å². The highest BCUT2D eigenvalue weighted by Crippen LogP contribution is 2.11. The number of aromatic nitrogens is 2. The molecule has 0 unspecified atom stereocenters. The van der Waals surface area contributed by atoms with Gasteiger partial charge in [0.05, 0.1) is 19.8 Å². The number of rotatable bonds is 6. The second kappa shape index (κ2) is 8.08. The van der Waals surface area contributed by atoms with Crippen LogP contribution in [0.2, 0.25) is 0 Å². The Balaban J connectivity index is 1.63. The molecule has 1 aromatic heterocycles. The van der Waals surface area contributed by atoms with Crippen LogP contribution in [0.3, 0.4) is 0 Å². The molecule has 1 atom stereocenters. The van der Waals surface area contributed by atoms with E-state index in [-0.39, 0.29) is 11.9 Å². The molecule has 0 spiro atoms. The fraction of sp³-hybridized carbons (Fsp3) is 0.444. The van der Waals surface area contributed by atoms with Crippen molar-refractivity contribution in [1.29, 1.82) is 0 Å². The Hall–Kier alpha value is -2.18. The first-order chi connectivity index (χ1) is 11.8. The highest BCUT2D eigenvalue weighted by atomic mass is 16.5. The van der Waals surface area contributed by atoms with E-state index < -0.39 is 0 Å². The van der Waals surface area contributed by atoms with Gasteiger partial charge in [0.25, 0.3) is 0 Å². The van der Waals surface area contributed by atoms with Gasteiger partial charge >= 0.3 is 0 Å². The van der Waals surface area contributed by atoms with Gasteiger partial charge in [-0.25, -0.2) is 0 Å². The van der Waals surface area contributed by atoms with Crippen LogP contribution in [0.4, 0.5) is 0 Å². The summed E-state index contributed by atoms with van der Waals surface area (Å²) >= 11 is 0. The second-order valence-corrected chi connectivity index (χ2v) is 5.91. The van der Waals surface area contributed by atoms with Crippen molar-refractivity contribution in [2.75, 3.05) is 26.3 Å². The van der Waals surface area contributed by atoms with E-state index in [1.54, 1.807) is 6.20 Å². The fourth-order valence-electron chi connectivity index (χ4n) is 3.01. The smallest absolute Gasteiger partial charge is 0.240 e. The van der Waals surface area contributed by atoms with Crippen LogP contribution in [0.5, 0.6) is 0 Å². The molecule has 128 valence electrons. The molecule has 1 aromatic carbocycles. The number of benzene rings is 1. The van der Waals surface area contributed by atoms with Gasteiger partial charge in [0.2, 0.25) is 5.91 Å². The third-order valence-corrected chi connectivity index (χ3v) is 4.41. The molecule has 0 aliphatic carbocycles. The first kappa shape index (κ1) is 16.7. The van der Waals surface area contributed by atoms with E-state index in [0.717, 1.165) is 24.2 Å². The molecule has 2 aromatic rings. The first-order valence-electron chi connectivity index (χ1n) is 8.41. The average Bonchev–Trinajstić information content (AvgIpc) is 3.13. The van der Waals surface area contributed by atoms with E-state index in [9.17, 15) is 4.79 Å². The number of carbonyl (C=O) groups excluding carboxylic acids is 1. The van der Waals surface area contributed by atoms with Gasteiger partial charge in [0, 0.05) is 25.5 Å². The highest BCUT2D eigenvalue weighted by Gasteiger charge is 2.28. The SMILES string of the molecule is CCN1CCOC[C@H]1C(=O)NCc1ccccc1Cn1cccn1. The summed E-state index contributed by atoms with van der Waals surface area (Å²) in [6, 6.07) is 9.85. The molecule has 6 nitrogen and oxygen atoms in total. The number of morpholine rings is 1. The monoisotopic (exact) mass is 328 g/mol. The number of ether oxygens (including phenoxy) is 1. The van der Waals surface area contributed by atoms with E-state index in [1.165, 1.54) is 0 Å². The summed E-state index contributed by atoms with van der Waals surface area (Å²) in [6.45, 7) is 6.13. The molecule has 1 amide bonds. The van der Waals surface area contributed by atoms with E-state index in [1.807, 2.05) is 35.1 Å². The van der Waals surface area contributed by atoms with Gasteiger partial charge in [0.15, 0.2) is 0 Å². The first-order valence-corrected chi connectivity index (χ1v) is 8.41. The van der Waals surface area contributed by atoms with E-state index >= 15 is 0 Å². The van der Waals surface area contributed by atoms with E-state index in [0.29, 0.717) is 26.3 Å². The van der Waals surface area contributed by atoms with Crippen molar-refractivity contribution in [2.24, 2.45) is 0 Å². The minimum atomic E-state index is -0.193.